The molecule has 0 bridgehead atoms. The van der Waals surface area contributed by atoms with Crippen LogP contribution in [0.5, 0.6) is 0 Å². The summed E-state index contributed by atoms with van der Waals surface area (Å²) < 4.78 is 80.7. The highest BCUT2D eigenvalue weighted by molar-refractivity contribution is 6.12. The van der Waals surface area contributed by atoms with Crippen LogP contribution in [0, 0.1) is 0 Å². The van der Waals surface area contributed by atoms with Crippen LogP contribution >= 0.6 is 0 Å². The first-order valence-electron chi connectivity index (χ1n) is 22.9. The fourth-order valence-corrected chi connectivity index (χ4v) is 8.24. The van der Waals surface area contributed by atoms with E-state index in [1.165, 1.54) is 0 Å². The van der Waals surface area contributed by atoms with E-state index in [0.717, 1.165) is 43.5 Å². The molecule has 12 rings (SSSR count). The molecule has 270 valence electrons. The number of hydrogen-bond acceptors (Lipinski definition) is 4. The van der Waals surface area contributed by atoms with Gasteiger partial charge in [0.1, 0.15) is 11.2 Å². The van der Waals surface area contributed by atoms with Crippen LogP contribution in [0.3, 0.4) is 0 Å². The molecule has 0 aliphatic carbocycles. The molecule has 0 unspecified atom stereocenters. The van der Waals surface area contributed by atoms with Gasteiger partial charge in [0.15, 0.2) is 17.5 Å². The van der Waals surface area contributed by atoms with E-state index in [9.17, 15) is 5.48 Å². The maximum Gasteiger partial charge on any atom is 0.166 e. The van der Waals surface area contributed by atoms with Crippen LogP contribution < -0.4 is 0 Å². The zero-order valence-corrected chi connectivity index (χ0v) is 30.6. The van der Waals surface area contributed by atoms with Crippen molar-refractivity contribution in [1.82, 2.24) is 19.5 Å². The van der Waals surface area contributed by atoms with Crippen LogP contribution in [-0.2, 0) is 0 Å². The van der Waals surface area contributed by atoms with Crippen molar-refractivity contribution in [2.24, 2.45) is 0 Å². The largest absolute Gasteiger partial charge is 0.456 e. The van der Waals surface area contributed by atoms with Crippen LogP contribution in [0.1, 0.15) is 11.0 Å². The lowest BCUT2D eigenvalue weighted by molar-refractivity contribution is 0.669. The van der Waals surface area contributed by atoms with Crippen molar-refractivity contribution >= 4 is 65.3 Å². The summed E-state index contributed by atoms with van der Waals surface area (Å²) in [6.07, 6.45) is 0. The molecule has 0 fully saturated rings. The molecule has 58 heavy (non-hydrogen) atoms. The molecule has 0 N–H and O–H groups in total. The lowest BCUT2D eigenvalue weighted by atomic mass is 9.93. The lowest BCUT2D eigenvalue weighted by Gasteiger charge is -2.20. The van der Waals surface area contributed by atoms with E-state index in [1.54, 1.807) is 4.57 Å². The Morgan fingerprint density at radius 3 is 1.81 bits per heavy atom. The highest BCUT2D eigenvalue weighted by atomic mass is 16.3. The Morgan fingerprint density at radius 1 is 0.397 bits per heavy atom. The Balaban J connectivity index is 1.25. The SMILES string of the molecule is [2H]c1c([2H])c([2H])c2c(c1[2H])c1c([2H])c([2H])c([2H])c([2H])c1n2-c1c(-c2nc(-c3ccccc3)nc(-c3ccc4c(c3)oc3ccccc34)n2)cccc1-c1cccc2cc3ccccc3cc12. The van der Waals surface area contributed by atoms with Gasteiger partial charge < -0.3 is 8.98 Å². The van der Waals surface area contributed by atoms with E-state index in [2.05, 4.69) is 18.2 Å². The van der Waals surface area contributed by atoms with Gasteiger partial charge in [0.2, 0.25) is 0 Å². The molecule has 3 heterocycles. The van der Waals surface area contributed by atoms with Gasteiger partial charge in [0.25, 0.3) is 0 Å². The van der Waals surface area contributed by atoms with Crippen LogP contribution in [-0.4, -0.2) is 19.5 Å². The molecule has 0 radical (unpaired) electrons. The topological polar surface area (TPSA) is 56.7 Å². The van der Waals surface area contributed by atoms with Crippen molar-refractivity contribution < 1.29 is 15.4 Å². The lowest BCUT2D eigenvalue weighted by Crippen LogP contribution is -2.05. The molecular formula is C53H32N4O. The summed E-state index contributed by atoms with van der Waals surface area (Å²) in [5, 5.41) is 5.74. The molecule has 0 atom stereocenters. The molecule has 0 saturated carbocycles. The van der Waals surface area contributed by atoms with E-state index in [-0.39, 0.29) is 27.6 Å². The van der Waals surface area contributed by atoms with E-state index >= 15 is 0 Å². The maximum absolute atomic E-state index is 9.49. The Kier molecular flexibility index (Phi) is 5.60. The molecule has 9 aromatic carbocycles. The Hall–Kier alpha value is -7.89. The summed E-state index contributed by atoms with van der Waals surface area (Å²) in [7, 11) is 0. The monoisotopic (exact) mass is 748 g/mol. The predicted octanol–water partition coefficient (Wildman–Crippen LogP) is 13.8. The number of rotatable bonds is 5. The third-order valence-electron chi connectivity index (χ3n) is 10.9. The van der Waals surface area contributed by atoms with Crippen molar-refractivity contribution in [1.29, 1.82) is 0 Å². The smallest absolute Gasteiger partial charge is 0.166 e. The van der Waals surface area contributed by atoms with E-state index < -0.39 is 48.3 Å². The fourth-order valence-electron chi connectivity index (χ4n) is 8.24. The number of aromatic nitrogens is 4. The van der Waals surface area contributed by atoms with Gasteiger partial charge in [-0.05, 0) is 75.6 Å². The molecule has 5 nitrogen and oxygen atoms in total. The van der Waals surface area contributed by atoms with Gasteiger partial charge in [0.05, 0.1) is 27.7 Å². The number of nitrogens with zero attached hydrogens (tertiary/aromatic N) is 4. The van der Waals surface area contributed by atoms with Gasteiger partial charge in [-0.2, -0.15) is 0 Å². The van der Waals surface area contributed by atoms with Crippen LogP contribution in [0.4, 0.5) is 0 Å². The van der Waals surface area contributed by atoms with E-state index in [0.29, 0.717) is 45.2 Å². The Morgan fingerprint density at radius 2 is 1.00 bits per heavy atom. The first kappa shape index (κ1) is 25.3. The molecular weight excluding hydrogens is 709 g/mol. The average molecular weight is 749 g/mol. The van der Waals surface area contributed by atoms with Crippen molar-refractivity contribution in [3.05, 3.63) is 194 Å². The number of furan rings is 1. The highest BCUT2D eigenvalue weighted by Crippen LogP contribution is 2.43. The summed E-state index contributed by atoms with van der Waals surface area (Å²) >= 11 is 0. The van der Waals surface area contributed by atoms with E-state index in [1.807, 2.05) is 127 Å². The first-order valence-corrected chi connectivity index (χ1v) is 18.9. The van der Waals surface area contributed by atoms with Crippen LogP contribution in [0.25, 0.3) is 116 Å². The fraction of sp³-hybridized carbons (Fsp3) is 0. The Labute approximate surface area is 344 Å². The highest BCUT2D eigenvalue weighted by Gasteiger charge is 2.23. The second kappa shape index (κ2) is 12.8. The molecule has 0 aliphatic heterocycles. The number of fused-ring (bicyclic) bond motifs is 8. The number of para-hydroxylation sites is 4. The summed E-state index contributed by atoms with van der Waals surface area (Å²) in [4.78, 5) is 15.4. The van der Waals surface area contributed by atoms with Gasteiger partial charge in [-0.3, -0.25) is 0 Å². The average Bonchev–Trinajstić information content (AvgIpc) is 3.91. The van der Waals surface area contributed by atoms with Gasteiger partial charge in [-0.1, -0.05) is 145 Å². The number of benzene rings is 9. The van der Waals surface area contributed by atoms with Crippen LogP contribution in [0.15, 0.2) is 198 Å². The second-order valence-corrected chi connectivity index (χ2v) is 14.2. The normalized spacial score (nSPS) is 13.7. The molecule has 12 aromatic rings. The van der Waals surface area contributed by atoms with Crippen molar-refractivity contribution in [3.8, 4) is 51.0 Å². The number of hydrogen-bond donors (Lipinski definition) is 0. The minimum absolute atomic E-state index is 0.0183. The quantitative estimate of drug-likeness (QED) is 0.164. The molecule has 3 aromatic heterocycles. The second-order valence-electron chi connectivity index (χ2n) is 14.2. The van der Waals surface area contributed by atoms with Crippen molar-refractivity contribution in [2.45, 2.75) is 0 Å². The third-order valence-corrected chi connectivity index (χ3v) is 10.9. The third kappa shape index (κ3) is 5.07. The van der Waals surface area contributed by atoms with Gasteiger partial charge in [-0.15, -0.1) is 0 Å². The summed E-state index contributed by atoms with van der Waals surface area (Å²) in [5.74, 6) is 0.905. The van der Waals surface area contributed by atoms with Gasteiger partial charge in [-0.25, -0.2) is 15.0 Å². The van der Waals surface area contributed by atoms with Crippen molar-refractivity contribution in [2.75, 3.05) is 0 Å². The minimum Gasteiger partial charge on any atom is -0.456 e. The molecule has 0 saturated heterocycles. The predicted molar refractivity (Wildman–Crippen MR) is 238 cm³/mol. The summed E-state index contributed by atoms with van der Waals surface area (Å²) in [6, 6.07) is 43.3. The zero-order chi connectivity index (χ0) is 45.1. The van der Waals surface area contributed by atoms with E-state index in [4.69, 9.17) is 24.9 Å². The van der Waals surface area contributed by atoms with Crippen molar-refractivity contribution in [3.63, 3.8) is 0 Å². The molecule has 5 heteroatoms. The summed E-state index contributed by atoms with van der Waals surface area (Å²) in [6.45, 7) is 0. The standard InChI is InChI=1S/C53H32N4O/c1-2-14-33(15-3-1)51-54-52(37-28-29-42-41-21-8-11-27-48(41)58-49(42)32-37)56-53(55-51)44-24-13-23-43(38-22-12-18-36-30-34-16-4-5-17-35(34)31-45(36)38)50(44)57-46-25-9-6-19-39(46)40-20-7-10-26-47(40)57/h1-32H/i6D,7D,9D,10D,19D,20D,25D,26D. The zero-order valence-electron chi connectivity index (χ0n) is 38.6. The molecule has 0 amide bonds. The van der Waals surface area contributed by atoms with Gasteiger partial charge in [0, 0.05) is 43.8 Å². The minimum atomic E-state index is -0.524. The molecule has 0 aliphatic rings. The molecule has 0 spiro atoms. The Bertz CT molecular complexity index is 3980. The van der Waals surface area contributed by atoms with Crippen LogP contribution in [0.2, 0.25) is 0 Å². The summed E-state index contributed by atoms with van der Waals surface area (Å²) in [5.41, 5.74) is 4.84. The first-order chi connectivity index (χ1) is 32.1. The maximum atomic E-state index is 9.49. The van der Waals surface area contributed by atoms with Gasteiger partial charge >= 0.3 is 0 Å².